The van der Waals surface area contributed by atoms with E-state index in [1.54, 1.807) is 19.0 Å². The predicted octanol–water partition coefficient (Wildman–Crippen LogP) is 16.2. The molecule has 2 aliphatic heterocycles. The number of hydrogen-bond acceptors (Lipinski definition) is 5. The minimum Gasteiger partial charge on any atom is -0.354 e. The molecule has 8 bridgehead atoms. The Morgan fingerprint density at radius 2 is 0.644 bits per heavy atom. The van der Waals surface area contributed by atoms with Crippen molar-refractivity contribution < 1.29 is 0 Å². The monoisotopic (exact) mass is 959 g/mol. The Hall–Kier alpha value is -8.11. The number of imidazole rings is 3. The molecule has 10 aromatic rings. The molecule has 5 N–H and O–H groups in total. The third kappa shape index (κ3) is 7.65. The molecule has 73 heavy (non-hydrogen) atoms. The minimum atomic E-state index is -0.0506. The molecule has 364 valence electrons. The van der Waals surface area contributed by atoms with Crippen molar-refractivity contribution in [2.45, 2.75) is 105 Å². The van der Waals surface area contributed by atoms with Gasteiger partial charge < -0.3 is 24.9 Å². The van der Waals surface area contributed by atoms with Crippen LogP contribution < -0.4 is 0 Å². The van der Waals surface area contributed by atoms with Gasteiger partial charge in [0.1, 0.15) is 28.3 Å². The van der Waals surface area contributed by atoms with E-state index in [4.69, 9.17) is 24.9 Å². The largest absolute Gasteiger partial charge is 0.354 e. The van der Waals surface area contributed by atoms with Gasteiger partial charge in [0.05, 0.1) is 58.3 Å². The third-order valence-corrected chi connectivity index (χ3v) is 14.9. The van der Waals surface area contributed by atoms with Gasteiger partial charge in [-0.25, -0.2) is 24.9 Å². The van der Waals surface area contributed by atoms with Crippen molar-refractivity contribution in [3.05, 3.63) is 150 Å². The molecule has 10 nitrogen and oxygen atoms in total. The summed E-state index contributed by atoms with van der Waals surface area (Å²) in [5.41, 5.74) is 23.8. The zero-order chi connectivity index (χ0) is 50.9. The fourth-order valence-corrected chi connectivity index (χ4v) is 10.6. The standard InChI is InChI=1S/C63H62N10/c1-60(2,3)38-21-13-34(14-22-38)44-42-29-30-43(70-42)45(35-15-23-39(24-16-35)61(4,5)6)49-55-57(67-32-65-55)51(72-49)47(37-19-27-41(28-20-37)63(10,11)12)53-59-58(68-33-69-59)52(73-53)46(36-17-25-40(26-18-36)62(7,8)9)50-56-54(48(44)71-50)64-31-66-56/h13-33,70,73H,1-12H3,(H,64,66)(H,65,67)(H,68,69). The number of fused-ring (bicyclic) bond motifs is 17. The normalized spacial score (nSPS) is 12.9. The van der Waals surface area contributed by atoms with Gasteiger partial charge >= 0.3 is 0 Å². The second-order valence-electron chi connectivity index (χ2n) is 24.0. The Labute approximate surface area is 426 Å². The first-order valence-electron chi connectivity index (χ1n) is 25.4. The Bertz CT molecular complexity index is 3700. The lowest BCUT2D eigenvalue weighted by atomic mass is 9.86. The van der Waals surface area contributed by atoms with E-state index < -0.39 is 0 Å². The number of aromatic amines is 5. The lowest BCUT2D eigenvalue weighted by Gasteiger charge is -2.19. The van der Waals surface area contributed by atoms with E-state index in [2.05, 4.69) is 217 Å². The van der Waals surface area contributed by atoms with Gasteiger partial charge in [0.15, 0.2) is 0 Å². The van der Waals surface area contributed by atoms with E-state index in [9.17, 15) is 0 Å². The first-order chi connectivity index (χ1) is 34.7. The fraction of sp³-hybridized carbons (Fsp3) is 0.254. The lowest BCUT2D eigenvalue weighted by molar-refractivity contribution is 0.590. The second-order valence-corrected chi connectivity index (χ2v) is 24.0. The highest BCUT2D eigenvalue weighted by Gasteiger charge is 2.32. The molecule has 0 saturated heterocycles. The lowest BCUT2D eigenvalue weighted by Crippen LogP contribution is -2.10. The van der Waals surface area contributed by atoms with E-state index in [0.717, 1.165) is 123 Å². The molecule has 4 aromatic carbocycles. The minimum absolute atomic E-state index is 0.0342. The van der Waals surface area contributed by atoms with Crippen LogP contribution in [0.1, 0.15) is 105 Å². The van der Waals surface area contributed by atoms with Gasteiger partial charge in [0.2, 0.25) is 0 Å². The summed E-state index contributed by atoms with van der Waals surface area (Å²) in [5, 5.41) is 0. The van der Waals surface area contributed by atoms with Crippen LogP contribution in [0.2, 0.25) is 0 Å². The Balaban J connectivity index is 1.31. The Morgan fingerprint density at radius 1 is 0.301 bits per heavy atom. The van der Waals surface area contributed by atoms with Crippen molar-refractivity contribution in [3.8, 4) is 90.1 Å². The van der Waals surface area contributed by atoms with Gasteiger partial charge in [-0.05, 0) is 78.3 Å². The number of rotatable bonds is 4. The molecule has 0 amide bonds. The molecule has 0 fully saturated rings. The van der Waals surface area contributed by atoms with Crippen molar-refractivity contribution in [2.75, 3.05) is 0 Å². The van der Waals surface area contributed by atoms with Gasteiger partial charge in [0, 0.05) is 33.3 Å². The maximum absolute atomic E-state index is 5.78. The van der Waals surface area contributed by atoms with Crippen LogP contribution in [0.4, 0.5) is 0 Å². The van der Waals surface area contributed by atoms with E-state index in [1.165, 1.54) is 22.3 Å². The molecule has 0 radical (unpaired) electrons. The number of aromatic nitrogens is 10. The molecule has 0 saturated carbocycles. The number of H-pyrrole nitrogens is 5. The predicted molar refractivity (Wildman–Crippen MR) is 300 cm³/mol. The fourth-order valence-electron chi connectivity index (χ4n) is 10.6. The zero-order valence-corrected chi connectivity index (χ0v) is 43.9. The van der Waals surface area contributed by atoms with Gasteiger partial charge in [-0.3, -0.25) is 0 Å². The highest BCUT2D eigenvalue weighted by molar-refractivity contribution is 6.16. The summed E-state index contributed by atoms with van der Waals surface area (Å²) in [7, 11) is 0. The van der Waals surface area contributed by atoms with Crippen LogP contribution in [0.5, 0.6) is 0 Å². The maximum Gasteiger partial charge on any atom is 0.117 e. The summed E-state index contributed by atoms with van der Waals surface area (Å²) < 4.78 is 0. The smallest absolute Gasteiger partial charge is 0.117 e. The summed E-state index contributed by atoms with van der Waals surface area (Å²) in [6.45, 7) is 27.0. The molecule has 0 spiro atoms. The number of nitrogens with zero attached hydrogens (tertiary/aromatic N) is 5. The molecule has 8 heterocycles. The Kier molecular flexibility index (Phi) is 10.2. The van der Waals surface area contributed by atoms with Crippen molar-refractivity contribution in [1.29, 1.82) is 0 Å². The van der Waals surface area contributed by atoms with Crippen molar-refractivity contribution in [2.24, 2.45) is 0 Å². The van der Waals surface area contributed by atoms with Gasteiger partial charge in [-0.2, -0.15) is 0 Å². The topological polar surface area (TPSA) is 143 Å². The molecule has 0 unspecified atom stereocenters. The van der Waals surface area contributed by atoms with Crippen LogP contribution in [0, 0.1) is 0 Å². The van der Waals surface area contributed by atoms with Crippen molar-refractivity contribution >= 4 is 33.1 Å². The van der Waals surface area contributed by atoms with E-state index >= 15 is 0 Å². The summed E-state index contributed by atoms with van der Waals surface area (Å²) >= 11 is 0. The van der Waals surface area contributed by atoms with Gasteiger partial charge in [0.25, 0.3) is 0 Å². The average Bonchev–Trinajstić information content (AvgIpc) is 4.21. The number of benzene rings is 4. The molecule has 0 atom stereocenters. The zero-order valence-electron chi connectivity index (χ0n) is 43.9. The highest BCUT2D eigenvalue weighted by atomic mass is 15.0. The maximum atomic E-state index is 5.78. The molecule has 6 aromatic heterocycles. The number of hydrogen-bond donors (Lipinski definition) is 5. The van der Waals surface area contributed by atoms with Gasteiger partial charge in [-0.15, -0.1) is 0 Å². The average molecular weight is 959 g/mol. The van der Waals surface area contributed by atoms with Crippen molar-refractivity contribution in [1.82, 2.24) is 49.8 Å². The summed E-state index contributed by atoms with van der Waals surface area (Å²) in [6, 6.07) is 40.0. The quantitative estimate of drug-likeness (QED) is 0.119. The van der Waals surface area contributed by atoms with Crippen LogP contribution in [0.3, 0.4) is 0 Å². The second kappa shape index (κ2) is 16.2. The van der Waals surface area contributed by atoms with E-state index in [-0.39, 0.29) is 21.7 Å². The van der Waals surface area contributed by atoms with Gasteiger partial charge in [-0.1, -0.05) is 180 Å². The van der Waals surface area contributed by atoms with Crippen molar-refractivity contribution in [3.63, 3.8) is 0 Å². The summed E-state index contributed by atoms with van der Waals surface area (Å²) in [4.78, 5) is 45.6. The third-order valence-electron chi connectivity index (χ3n) is 14.9. The summed E-state index contributed by atoms with van der Waals surface area (Å²) in [5.74, 6) is 0. The summed E-state index contributed by atoms with van der Waals surface area (Å²) in [6.07, 6.45) is 5.37. The molecule has 10 heteroatoms. The first kappa shape index (κ1) is 46.0. The number of nitrogens with one attached hydrogen (secondary N) is 5. The van der Waals surface area contributed by atoms with E-state index in [1.807, 2.05) is 0 Å². The van der Waals surface area contributed by atoms with E-state index in [0.29, 0.717) is 0 Å². The molecular formula is C63H62N10. The van der Waals surface area contributed by atoms with Crippen LogP contribution >= 0.6 is 0 Å². The highest BCUT2D eigenvalue weighted by Crippen LogP contribution is 2.49. The Morgan fingerprint density at radius 3 is 1.05 bits per heavy atom. The molecule has 12 rings (SSSR count). The molecule has 0 aliphatic carbocycles. The SMILES string of the molecule is CC(C)(C)c1ccc(-c2c3nc(c(-c4ccc(C(C)(C)C)cc4)c4[nH]c(c(-c5ccc(C(C)(C)C)cc5)c5nc(c(-c6ccc(C(C)(C)C)cc6)c6ccc2[nH]6)-c2[nH]cnc2-5)c2[nH]cnc42)-c2[nH]cnc2-3)cc1. The van der Waals surface area contributed by atoms with Crippen LogP contribution in [-0.4, -0.2) is 49.8 Å². The first-order valence-corrected chi connectivity index (χ1v) is 25.4. The molecule has 2 aliphatic rings. The molecular weight excluding hydrogens is 897 g/mol. The van der Waals surface area contributed by atoms with Crippen LogP contribution in [0.15, 0.2) is 128 Å². The van der Waals surface area contributed by atoms with Crippen LogP contribution in [-0.2, 0) is 21.7 Å². The van der Waals surface area contributed by atoms with Crippen LogP contribution in [0.25, 0.3) is 123 Å².